The fraction of sp³-hybridized carbons (Fsp3) is 0.318. The molecule has 2 aromatic heterocycles. The van der Waals surface area contributed by atoms with E-state index in [-0.39, 0.29) is 11.8 Å². The molecule has 1 amide bonds. The third-order valence-corrected chi connectivity index (χ3v) is 5.76. The van der Waals surface area contributed by atoms with Gasteiger partial charge < -0.3 is 20.9 Å². The van der Waals surface area contributed by atoms with Gasteiger partial charge in [0.1, 0.15) is 5.52 Å². The zero-order valence-corrected chi connectivity index (χ0v) is 16.4. The van der Waals surface area contributed by atoms with E-state index in [1.807, 2.05) is 31.2 Å². The number of nitrogens with one attached hydrogen (secondary N) is 2. The Hall–Kier alpha value is -3.19. The molecule has 4 heterocycles. The predicted molar refractivity (Wildman–Crippen MR) is 114 cm³/mol. The van der Waals surface area contributed by atoms with Crippen molar-refractivity contribution in [2.45, 2.75) is 19.3 Å². The molecular weight excluding hydrogens is 364 g/mol. The molecule has 2 aliphatic rings. The standard InChI is InChI=1S/C22H24N6O/c1-13-21-27-20-15(6-4-7-17(20)25-13)18-11-16-19(26-18)14(12-24-22(16)29)5-2-3-9-28(21)10-8-23/h2-4,6-7,11,14,26H,5,8-10,12,23H2,1H3,(H,24,29). The number of carbonyl (C=O) groups is 1. The van der Waals surface area contributed by atoms with Gasteiger partial charge in [-0.25, -0.2) is 9.97 Å². The van der Waals surface area contributed by atoms with Crippen LogP contribution in [0.1, 0.15) is 34.1 Å². The first-order valence-corrected chi connectivity index (χ1v) is 10.0. The number of aromatic amines is 1. The molecule has 7 heteroatoms. The van der Waals surface area contributed by atoms with Crippen molar-refractivity contribution in [2.24, 2.45) is 5.73 Å². The molecule has 5 rings (SSSR count). The van der Waals surface area contributed by atoms with Crippen LogP contribution in [0.25, 0.3) is 22.3 Å². The van der Waals surface area contributed by atoms with Crippen LogP contribution >= 0.6 is 0 Å². The van der Waals surface area contributed by atoms with Crippen molar-refractivity contribution in [1.29, 1.82) is 0 Å². The number of nitrogens with two attached hydrogens (primary N) is 1. The maximum absolute atomic E-state index is 12.4. The molecule has 0 aliphatic carbocycles. The van der Waals surface area contributed by atoms with Crippen LogP contribution in [0, 0.1) is 6.92 Å². The minimum atomic E-state index is -0.0215. The van der Waals surface area contributed by atoms with Crippen molar-refractivity contribution in [3.05, 3.63) is 53.4 Å². The Balaban J connectivity index is 1.77. The molecule has 2 aliphatic heterocycles. The Labute approximate surface area is 169 Å². The Morgan fingerprint density at radius 3 is 3.00 bits per heavy atom. The van der Waals surface area contributed by atoms with Gasteiger partial charge in [-0.1, -0.05) is 24.3 Å². The van der Waals surface area contributed by atoms with Gasteiger partial charge in [-0.05, 0) is 25.5 Å². The molecule has 4 bridgehead atoms. The fourth-order valence-corrected chi connectivity index (χ4v) is 4.32. The largest absolute Gasteiger partial charge is 0.357 e. The number of aromatic nitrogens is 3. The maximum Gasteiger partial charge on any atom is 0.253 e. The molecule has 29 heavy (non-hydrogen) atoms. The molecular formula is C22H24N6O. The van der Waals surface area contributed by atoms with Crippen molar-refractivity contribution < 1.29 is 4.79 Å². The number of nitrogens with zero attached hydrogens (tertiary/aromatic N) is 3. The summed E-state index contributed by atoms with van der Waals surface area (Å²) in [6, 6.07) is 7.94. The van der Waals surface area contributed by atoms with Crippen LogP contribution in [0.15, 0.2) is 36.4 Å². The van der Waals surface area contributed by atoms with E-state index >= 15 is 0 Å². The van der Waals surface area contributed by atoms with Gasteiger partial charge in [0.15, 0.2) is 5.82 Å². The van der Waals surface area contributed by atoms with Crippen LogP contribution in [0.2, 0.25) is 0 Å². The van der Waals surface area contributed by atoms with Gasteiger partial charge in [0.05, 0.1) is 16.8 Å². The minimum absolute atomic E-state index is 0.0215. The summed E-state index contributed by atoms with van der Waals surface area (Å²) >= 11 is 0. The second-order valence-electron chi connectivity index (χ2n) is 7.67. The molecule has 1 unspecified atom stereocenters. The van der Waals surface area contributed by atoms with Gasteiger partial charge >= 0.3 is 0 Å². The smallest absolute Gasteiger partial charge is 0.253 e. The lowest BCUT2D eigenvalue weighted by Crippen LogP contribution is -2.34. The average molecular weight is 388 g/mol. The average Bonchev–Trinajstić information content (AvgIpc) is 3.17. The summed E-state index contributed by atoms with van der Waals surface area (Å²) in [6.07, 6.45) is 5.20. The molecule has 0 saturated heterocycles. The molecule has 4 N–H and O–H groups in total. The van der Waals surface area contributed by atoms with E-state index in [1.165, 1.54) is 0 Å². The number of anilines is 1. The number of allylic oxidation sites excluding steroid dienone is 1. The van der Waals surface area contributed by atoms with E-state index in [4.69, 9.17) is 15.7 Å². The molecule has 0 saturated carbocycles. The Kier molecular flexibility index (Phi) is 4.32. The van der Waals surface area contributed by atoms with Crippen LogP contribution in [0.3, 0.4) is 0 Å². The molecule has 0 radical (unpaired) electrons. The Bertz CT molecular complexity index is 1130. The number of hydrogen-bond acceptors (Lipinski definition) is 5. The van der Waals surface area contributed by atoms with E-state index in [0.717, 1.165) is 58.0 Å². The summed E-state index contributed by atoms with van der Waals surface area (Å²) in [7, 11) is 0. The first kappa shape index (κ1) is 17.9. The topological polar surface area (TPSA) is 99.9 Å². The lowest BCUT2D eigenvalue weighted by atomic mass is 9.94. The molecule has 0 spiro atoms. The normalized spacial score (nSPS) is 18.3. The third-order valence-electron chi connectivity index (χ3n) is 5.76. The molecule has 148 valence electrons. The number of hydrogen-bond donors (Lipinski definition) is 3. The van der Waals surface area contributed by atoms with E-state index in [2.05, 4.69) is 27.4 Å². The second kappa shape index (κ2) is 7.00. The number of H-pyrrole nitrogens is 1. The second-order valence-corrected chi connectivity index (χ2v) is 7.67. The van der Waals surface area contributed by atoms with Crippen LogP contribution in [-0.4, -0.2) is 47.0 Å². The highest BCUT2D eigenvalue weighted by atomic mass is 16.1. The number of benzene rings is 1. The number of amides is 1. The van der Waals surface area contributed by atoms with Crippen molar-refractivity contribution in [1.82, 2.24) is 20.3 Å². The zero-order valence-electron chi connectivity index (χ0n) is 16.4. The quantitative estimate of drug-likeness (QED) is 0.586. The van der Waals surface area contributed by atoms with Crippen molar-refractivity contribution >= 4 is 22.8 Å². The van der Waals surface area contributed by atoms with E-state index in [0.29, 0.717) is 19.6 Å². The summed E-state index contributed by atoms with van der Waals surface area (Å²) < 4.78 is 0. The third kappa shape index (κ3) is 2.98. The van der Waals surface area contributed by atoms with Gasteiger partial charge in [-0.15, -0.1) is 0 Å². The zero-order chi connectivity index (χ0) is 20.0. The minimum Gasteiger partial charge on any atom is -0.357 e. The van der Waals surface area contributed by atoms with Gasteiger partial charge in [-0.2, -0.15) is 0 Å². The highest BCUT2D eigenvalue weighted by Crippen LogP contribution is 2.34. The van der Waals surface area contributed by atoms with Crippen LogP contribution in [0.5, 0.6) is 0 Å². The number of para-hydroxylation sites is 1. The van der Waals surface area contributed by atoms with E-state index < -0.39 is 0 Å². The fourth-order valence-electron chi connectivity index (χ4n) is 4.32. The van der Waals surface area contributed by atoms with Crippen molar-refractivity contribution in [2.75, 3.05) is 31.1 Å². The summed E-state index contributed by atoms with van der Waals surface area (Å²) in [5, 5.41) is 3.02. The summed E-state index contributed by atoms with van der Waals surface area (Å²) in [5.41, 5.74) is 12.0. The van der Waals surface area contributed by atoms with Crippen LogP contribution in [-0.2, 0) is 0 Å². The number of fused-ring (bicyclic) bond motifs is 3. The SMILES string of the molecule is Cc1nc2cccc3c2nc1N(CCN)CC=CCC1CNC(=O)c2cc-3[nH]c21. The van der Waals surface area contributed by atoms with E-state index in [9.17, 15) is 4.79 Å². The van der Waals surface area contributed by atoms with E-state index in [1.54, 1.807) is 0 Å². The Morgan fingerprint density at radius 2 is 2.14 bits per heavy atom. The van der Waals surface area contributed by atoms with Crippen molar-refractivity contribution in [3.8, 4) is 11.3 Å². The maximum atomic E-state index is 12.4. The highest BCUT2D eigenvalue weighted by molar-refractivity contribution is 6.00. The number of rotatable bonds is 2. The van der Waals surface area contributed by atoms with Crippen LogP contribution in [0.4, 0.5) is 5.82 Å². The molecule has 1 aromatic carbocycles. The summed E-state index contributed by atoms with van der Waals surface area (Å²) in [6.45, 7) is 4.61. The summed E-state index contributed by atoms with van der Waals surface area (Å²) in [5.74, 6) is 1.06. The van der Waals surface area contributed by atoms with Crippen LogP contribution < -0.4 is 16.0 Å². The van der Waals surface area contributed by atoms with Gasteiger partial charge in [0, 0.05) is 49.0 Å². The predicted octanol–water partition coefficient (Wildman–Crippen LogP) is 2.49. The number of aryl methyl sites for hydroxylation is 1. The summed E-state index contributed by atoms with van der Waals surface area (Å²) in [4.78, 5) is 28.0. The monoisotopic (exact) mass is 388 g/mol. The molecule has 0 fully saturated rings. The van der Waals surface area contributed by atoms with Gasteiger partial charge in [-0.3, -0.25) is 4.79 Å². The lowest BCUT2D eigenvalue weighted by molar-refractivity contribution is 0.0940. The Morgan fingerprint density at radius 1 is 1.24 bits per heavy atom. The first-order chi connectivity index (χ1) is 14.2. The highest BCUT2D eigenvalue weighted by Gasteiger charge is 2.28. The number of carbonyl (C=O) groups excluding carboxylic acids is 1. The van der Waals surface area contributed by atoms with Gasteiger partial charge in [0.2, 0.25) is 0 Å². The van der Waals surface area contributed by atoms with Crippen molar-refractivity contribution in [3.63, 3.8) is 0 Å². The molecule has 1 atom stereocenters. The molecule has 3 aromatic rings. The first-order valence-electron chi connectivity index (χ1n) is 10.0. The lowest BCUT2D eigenvalue weighted by Gasteiger charge is -2.24. The van der Waals surface area contributed by atoms with Gasteiger partial charge in [0.25, 0.3) is 5.91 Å². The molecule has 7 nitrogen and oxygen atoms in total.